The summed E-state index contributed by atoms with van der Waals surface area (Å²) in [5, 5.41) is 11.0. The van der Waals surface area contributed by atoms with Crippen LogP contribution >= 0.6 is 0 Å². The fourth-order valence-corrected chi connectivity index (χ4v) is 11.6. The zero-order valence-electron chi connectivity index (χ0n) is 41.2. The van der Waals surface area contributed by atoms with Gasteiger partial charge in [0.1, 0.15) is 22.3 Å². The number of anilines is 6. The lowest BCUT2D eigenvalue weighted by Crippen LogP contribution is -2.10. The first kappa shape index (κ1) is 42.8. The maximum atomic E-state index is 7.01. The summed E-state index contributed by atoms with van der Waals surface area (Å²) in [4.78, 5) is 4.66. The lowest BCUT2D eigenvalue weighted by Gasteiger charge is -2.26. The highest BCUT2D eigenvalue weighted by molar-refractivity contribution is 6.27. The zero-order chi connectivity index (χ0) is 49.7. The topological polar surface area (TPSA) is 45.9 Å². The number of hydrogen-bond acceptors (Lipinski definition) is 5. The molecule has 0 radical (unpaired) electrons. The Balaban J connectivity index is 0.883. The normalized spacial score (nSPS) is 11.9. The Bertz CT molecular complexity index is 4420. The molecule has 15 rings (SSSR count). The van der Waals surface area contributed by atoms with E-state index >= 15 is 0 Å². The zero-order valence-corrected chi connectivity index (χ0v) is 41.2. The van der Waals surface area contributed by atoms with Crippen molar-refractivity contribution in [2.45, 2.75) is 13.8 Å². The van der Waals surface area contributed by atoms with Crippen LogP contribution in [0.4, 0.5) is 34.1 Å². The smallest absolute Gasteiger partial charge is 0.159 e. The molecule has 0 saturated carbocycles. The van der Waals surface area contributed by atoms with E-state index < -0.39 is 0 Å². The highest BCUT2D eigenvalue weighted by Crippen LogP contribution is 2.48. The third kappa shape index (κ3) is 6.86. The summed E-state index contributed by atoms with van der Waals surface area (Å²) in [6.07, 6.45) is 0. The molecule has 0 N–H and O–H groups in total. The number of furan rings is 3. The first-order chi connectivity index (χ1) is 37.0. The highest BCUT2D eigenvalue weighted by Gasteiger charge is 2.24. The van der Waals surface area contributed by atoms with Crippen LogP contribution < -0.4 is 9.80 Å². The molecule has 0 amide bonds. The Labute approximate surface area is 432 Å². The minimum absolute atomic E-state index is 0.839. The highest BCUT2D eigenvalue weighted by atomic mass is 16.3. The Morgan fingerprint density at radius 3 is 1.09 bits per heavy atom. The van der Waals surface area contributed by atoms with Gasteiger partial charge in [-0.3, -0.25) is 0 Å². The molecule has 0 aliphatic rings. The van der Waals surface area contributed by atoms with Crippen molar-refractivity contribution < 1.29 is 13.3 Å². The Kier molecular flexibility index (Phi) is 9.63. The summed E-state index contributed by atoms with van der Waals surface area (Å²) in [5.41, 5.74) is 18.0. The predicted octanol–water partition coefficient (Wildman–Crippen LogP) is 20.6. The number of fused-ring (bicyclic) bond motifs is 13. The van der Waals surface area contributed by atoms with Gasteiger partial charge < -0.3 is 23.1 Å². The molecule has 3 aromatic heterocycles. The minimum Gasteiger partial charge on any atom is -0.456 e. The van der Waals surface area contributed by atoms with Crippen LogP contribution in [0.3, 0.4) is 0 Å². The van der Waals surface area contributed by atoms with Gasteiger partial charge in [0.05, 0.1) is 11.4 Å². The van der Waals surface area contributed by atoms with Crippen molar-refractivity contribution in [1.82, 2.24) is 0 Å². The van der Waals surface area contributed by atoms with Gasteiger partial charge in [0.25, 0.3) is 0 Å². The van der Waals surface area contributed by atoms with E-state index in [9.17, 15) is 0 Å². The van der Waals surface area contributed by atoms with Gasteiger partial charge in [-0.15, -0.1) is 0 Å². The van der Waals surface area contributed by atoms with E-state index in [-0.39, 0.29) is 0 Å². The second kappa shape index (κ2) is 16.9. The van der Waals surface area contributed by atoms with Crippen molar-refractivity contribution in [2.75, 3.05) is 9.80 Å². The van der Waals surface area contributed by atoms with Crippen LogP contribution in [0.5, 0.6) is 0 Å². The van der Waals surface area contributed by atoms with Crippen molar-refractivity contribution in [3.63, 3.8) is 0 Å². The molecule has 75 heavy (non-hydrogen) atoms. The Hall–Kier alpha value is -9.84. The van der Waals surface area contributed by atoms with E-state index in [1.807, 2.05) is 0 Å². The van der Waals surface area contributed by atoms with Crippen LogP contribution in [0, 0.1) is 13.8 Å². The van der Waals surface area contributed by atoms with Crippen molar-refractivity contribution in [3.8, 4) is 22.3 Å². The van der Waals surface area contributed by atoms with Gasteiger partial charge in [0.2, 0.25) is 0 Å². The minimum atomic E-state index is 0.839. The fourth-order valence-electron chi connectivity index (χ4n) is 11.6. The Morgan fingerprint density at radius 1 is 0.280 bits per heavy atom. The summed E-state index contributed by atoms with van der Waals surface area (Å²) in [6, 6.07) is 86.5. The van der Waals surface area contributed by atoms with Crippen LogP contribution in [0.25, 0.3) is 110 Å². The molecule has 5 heteroatoms. The van der Waals surface area contributed by atoms with Gasteiger partial charge in [-0.1, -0.05) is 181 Å². The number of rotatable bonds is 8. The molecular formula is C70H46N2O3. The molecular weight excluding hydrogens is 917 g/mol. The van der Waals surface area contributed by atoms with Crippen molar-refractivity contribution in [2.24, 2.45) is 0 Å². The molecule has 354 valence electrons. The van der Waals surface area contributed by atoms with E-state index in [0.29, 0.717) is 0 Å². The molecule has 0 aliphatic carbocycles. The van der Waals surface area contributed by atoms with Gasteiger partial charge in [0, 0.05) is 66.2 Å². The van der Waals surface area contributed by atoms with Gasteiger partial charge in [0.15, 0.2) is 11.2 Å². The van der Waals surface area contributed by atoms with Crippen LogP contribution in [0.1, 0.15) is 11.1 Å². The van der Waals surface area contributed by atoms with Crippen molar-refractivity contribution in [1.29, 1.82) is 0 Å². The number of para-hydroxylation sites is 4. The van der Waals surface area contributed by atoms with E-state index in [2.05, 4.69) is 266 Å². The van der Waals surface area contributed by atoms with Crippen molar-refractivity contribution in [3.05, 3.63) is 254 Å². The monoisotopic (exact) mass is 962 g/mol. The van der Waals surface area contributed by atoms with Crippen molar-refractivity contribution >= 4 is 121 Å². The number of aryl methyl sites for hydroxylation is 2. The predicted molar refractivity (Wildman–Crippen MR) is 313 cm³/mol. The number of hydrogen-bond donors (Lipinski definition) is 0. The quantitative estimate of drug-likeness (QED) is 0.152. The van der Waals surface area contributed by atoms with E-state index in [1.165, 1.54) is 11.1 Å². The molecule has 0 spiro atoms. The molecule has 0 bridgehead atoms. The van der Waals surface area contributed by atoms with Crippen LogP contribution in [-0.2, 0) is 0 Å². The van der Waals surface area contributed by atoms with E-state index in [0.717, 1.165) is 144 Å². The molecule has 12 aromatic carbocycles. The molecule has 5 nitrogen and oxygen atoms in total. The first-order valence-corrected chi connectivity index (χ1v) is 25.6. The second-order valence-electron chi connectivity index (χ2n) is 19.7. The summed E-state index contributed by atoms with van der Waals surface area (Å²) in [6.45, 7) is 4.26. The molecule has 0 fully saturated rings. The molecule has 3 heterocycles. The van der Waals surface area contributed by atoms with Crippen LogP contribution in [0.2, 0.25) is 0 Å². The lowest BCUT2D eigenvalue weighted by atomic mass is 9.98. The fraction of sp³-hybridized carbons (Fsp3) is 0.0286. The summed E-state index contributed by atoms with van der Waals surface area (Å²) < 4.78 is 20.7. The van der Waals surface area contributed by atoms with Gasteiger partial charge >= 0.3 is 0 Å². The second-order valence-corrected chi connectivity index (χ2v) is 19.7. The molecule has 15 aromatic rings. The van der Waals surface area contributed by atoms with Gasteiger partial charge in [-0.2, -0.15) is 0 Å². The standard InChI is InChI=1S/C70H46N2O3/c1-43-25-31-49(32-26-43)71(61-23-11-21-59-57-19-9-17-55(67(57)74-69(59)61)45-13-5-3-6-14-45)51-35-37-53-47(41-51)29-39-63-65(53)66-54-38-36-52(42-48(54)30-40-64(66)73-63)72(50-33-27-44(2)28-34-50)62-24-12-22-60-58-20-10-18-56(68(58)75-70(60)62)46-15-7-4-8-16-46/h3-42H,1-2H3. The maximum Gasteiger partial charge on any atom is 0.159 e. The van der Waals surface area contributed by atoms with E-state index in [1.54, 1.807) is 0 Å². The third-order valence-electron chi connectivity index (χ3n) is 15.2. The summed E-state index contributed by atoms with van der Waals surface area (Å²) >= 11 is 0. The average Bonchev–Trinajstić information content (AvgIpc) is 4.19. The van der Waals surface area contributed by atoms with E-state index in [4.69, 9.17) is 13.3 Å². The van der Waals surface area contributed by atoms with Crippen LogP contribution in [-0.4, -0.2) is 0 Å². The molecule has 0 saturated heterocycles. The molecule has 0 unspecified atom stereocenters. The number of benzene rings is 12. The SMILES string of the molecule is Cc1ccc(N(c2ccc3c(ccc4oc5ccc6cc(N(c7ccc(C)cc7)c7cccc8c7oc7c(-c9ccccc9)cccc78)ccc6c5c43)c2)c2cccc3c2oc2c(-c4ccccc4)cccc23)cc1. The number of nitrogens with zero attached hydrogens (tertiary/aromatic N) is 2. The summed E-state index contributed by atoms with van der Waals surface area (Å²) in [5.74, 6) is 0. The largest absolute Gasteiger partial charge is 0.456 e. The molecule has 0 aliphatic heterocycles. The lowest BCUT2D eigenvalue weighted by molar-refractivity contribution is 0.669. The first-order valence-electron chi connectivity index (χ1n) is 25.6. The van der Waals surface area contributed by atoms with Gasteiger partial charge in [-0.25, -0.2) is 0 Å². The molecule has 0 atom stereocenters. The Morgan fingerprint density at radius 2 is 0.667 bits per heavy atom. The maximum absolute atomic E-state index is 7.01. The average molecular weight is 963 g/mol. The van der Waals surface area contributed by atoms with Gasteiger partial charge in [-0.05, 0) is 119 Å². The summed E-state index contributed by atoms with van der Waals surface area (Å²) in [7, 11) is 0. The third-order valence-corrected chi connectivity index (χ3v) is 15.2. The van der Waals surface area contributed by atoms with Crippen LogP contribution in [0.15, 0.2) is 256 Å².